The van der Waals surface area contributed by atoms with Crippen LogP contribution in [-0.2, 0) is 4.79 Å². The lowest BCUT2D eigenvalue weighted by atomic mass is 10.0. The summed E-state index contributed by atoms with van der Waals surface area (Å²) >= 11 is 1.97. The topological polar surface area (TPSA) is 49.4 Å². The first-order valence-electron chi connectivity index (χ1n) is 7.05. The molecule has 4 nitrogen and oxygen atoms in total. The van der Waals surface area contributed by atoms with Gasteiger partial charge in [-0.25, -0.2) is 4.39 Å². The van der Waals surface area contributed by atoms with E-state index in [0.29, 0.717) is 28.6 Å². The Morgan fingerprint density at radius 2 is 2.24 bits per heavy atom. The van der Waals surface area contributed by atoms with E-state index in [0.717, 1.165) is 12.8 Å². The summed E-state index contributed by atoms with van der Waals surface area (Å²) in [6.45, 7) is 2.99. The zero-order valence-electron chi connectivity index (χ0n) is 11.9. The maximum absolute atomic E-state index is 13.1. The number of rotatable bonds is 3. The van der Waals surface area contributed by atoms with Crippen molar-refractivity contribution < 1.29 is 14.0 Å². The lowest BCUT2D eigenvalue weighted by molar-refractivity contribution is -0.121. The molecule has 1 atom stereocenters. The Balaban J connectivity index is 2.06. The summed E-state index contributed by atoms with van der Waals surface area (Å²) < 4.78 is 13.7. The predicted molar refractivity (Wildman–Crippen MR) is 86.5 cm³/mol. The van der Waals surface area contributed by atoms with E-state index in [4.69, 9.17) is 0 Å². The first-order valence-corrected chi connectivity index (χ1v) is 8.12. The summed E-state index contributed by atoms with van der Waals surface area (Å²) in [7, 11) is 0. The number of amides is 2. The van der Waals surface area contributed by atoms with Crippen molar-refractivity contribution in [2.45, 2.75) is 32.2 Å². The standard InChI is InChI=1S/C15H18FIN2O2/c1-2-14(20)18-11-4-3-7-19(9-11)15(21)12-6-5-10(16)8-13(12)17/h5-6,8,11H,2-4,7,9H2,1H3,(H,18,20). The van der Waals surface area contributed by atoms with Crippen molar-refractivity contribution in [1.82, 2.24) is 10.2 Å². The number of piperidine rings is 1. The number of halogens is 2. The van der Waals surface area contributed by atoms with Gasteiger partial charge in [0, 0.05) is 29.1 Å². The van der Waals surface area contributed by atoms with Gasteiger partial charge in [-0.05, 0) is 53.6 Å². The van der Waals surface area contributed by atoms with Crippen LogP contribution in [0.2, 0.25) is 0 Å². The monoisotopic (exact) mass is 404 g/mol. The van der Waals surface area contributed by atoms with Gasteiger partial charge in [-0.2, -0.15) is 0 Å². The molecule has 1 unspecified atom stereocenters. The van der Waals surface area contributed by atoms with Crippen molar-refractivity contribution in [1.29, 1.82) is 0 Å². The van der Waals surface area contributed by atoms with Crippen molar-refractivity contribution in [3.63, 3.8) is 0 Å². The second-order valence-corrected chi connectivity index (χ2v) is 6.30. The number of carbonyl (C=O) groups is 2. The molecule has 1 saturated heterocycles. The lowest BCUT2D eigenvalue weighted by Gasteiger charge is -2.33. The van der Waals surface area contributed by atoms with Gasteiger partial charge in [0.15, 0.2) is 0 Å². The summed E-state index contributed by atoms with van der Waals surface area (Å²) in [6, 6.07) is 4.19. The minimum absolute atomic E-state index is 0.00524. The van der Waals surface area contributed by atoms with Gasteiger partial charge in [0.05, 0.1) is 5.56 Å². The highest BCUT2D eigenvalue weighted by Gasteiger charge is 2.26. The largest absolute Gasteiger partial charge is 0.352 e. The van der Waals surface area contributed by atoms with E-state index in [2.05, 4.69) is 5.32 Å². The Morgan fingerprint density at radius 1 is 1.48 bits per heavy atom. The van der Waals surface area contributed by atoms with Crippen molar-refractivity contribution >= 4 is 34.4 Å². The molecule has 1 aromatic carbocycles. The Kier molecular flexibility index (Phi) is 5.55. The van der Waals surface area contributed by atoms with Gasteiger partial charge in [0.25, 0.3) is 5.91 Å². The SMILES string of the molecule is CCC(=O)NC1CCCN(C(=O)c2ccc(F)cc2I)C1. The van der Waals surface area contributed by atoms with Crippen LogP contribution in [-0.4, -0.2) is 35.8 Å². The molecule has 2 amide bonds. The third-order valence-electron chi connectivity index (χ3n) is 3.56. The normalized spacial score (nSPS) is 18.4. The Bertz CT molecular complexity index is 550. The highest BCUT2D eigenvalue weighted by Crippen LogP contribution is 2.19. The van der Waals surface area contributed by atoms with E-state index in [1.807, 2.05) is 29.5 Å². The molecule has 1 aliphatic rings. The second-order valence-electron chi connectivity index (χ2n) is 5.14. The molecule has 0 spiro atoms. The first-order chi connectivity index (χ1) is 10.0. The van der Waals surface area contributed by atoms with Crippen LogP contribution < -0.4 is 5.32 Å². The number of likely N-dealkylation sites (tertiary alicyclic amines) is 1. The van der Waals surface area contributed by atoms with Gasteiger partial charge < -0.3 is 10.2 Å². The van der Waals surface area contributed by atoms with Crippen LogP contribution in [0, 0.1) is 9.39 Å². The zero-order valence-corrected chi connectivity index (χ0v) is 14.0. The van der Waals surface area contributed by atoms with Gasteiger partial charge in [-0.1, -0.05) is 6.92 Å². The smallest absolute Gasteiger partial charge is 0.255 e. The number of benzene rings is 1. The predicted octanol–water partition coefficient (Wildman–Crippen LogP) is 2.56. The maximum Gasteiger partial charge on any atom is 0.255 e. The molecule has 1 fully saturated rings. The zero-order chi connectivity index (χ0) is 15.4. The summed E-state index contributed by atoms with van der Waals surface area (Å²) in [4.78, 5) is 25.7. The molecule has 1 aliphatic heterocycles. The van der Waals surface area contributed by atoms with Crippen molar-refractivity contribution in [2.24, 2.45) is 0 Å². The number of nitrogens with zero attached hydrogens (tertiary/aromatic N) is 1. The van der Waals surface area contributed by atoms with Crippen molar-refractivity contribution in [2.75, 3.05) is 13.1 Å². The molecule has 0 saturated carbocycles. The van der Waals surface area contributed by atoms with Gasteiger partial charge in [-0.15, -0.1) is 0 Å². The van der Waals surface area contributed by atoms with Crippen LogP contribution in [0.1, 0.15) is 36.5 Å². The molecule has 0 aromatic heterocycles. The van der Waals surface area contributed by atoms with Crippen LogP contribution in [0.5, 0.6) is 0 Å². The van der Waals surface area contributed by atoms with E-state index in [-0.39, 0.29) is 23.7 Å². The average Bonchev–Trinajstić information content (AvgIpc) is 2.47. The van der Waals surface area contributed by atoms with E-state index < -0.39 is 0 Å². The van der Waals surface area contributed by atoms with Crippen molar-refractivity contribution in [3.8, 4) is 0 Å². The molecule has 2 rings (SSSR count). The van der Waals surface area contributed by atoms with Crippen LogP contribution >= 0.6 is 22.6 Å². The van der Waals surface area contributed by atoms with Gasteiger partial charge in [0.1, 0.15) is 5.82 Å². The van der Waals surface area contributed by atoms with Crippen LogP contribution in [0.15, 0.2) is 18.2 Å². The molecule has 1 N–H and O–H groups in total. The molecule has 1 heterocycles. The quantitative estimate of drug-likeness (QED) is 0.788. The molecular weight excluding hydrogens is 386 g/mol. The minimum Gasteiger partial charge on any atom is -0.352 e. The molecule has 6 heteroatoms. The van der Waals surface area contributed by atoms with Crippen LogP contribution in [0.4, 0.5) is 4.39 Å². The van der Waals surface area contributed by atoms with E-state index in [1.54, 1.807) is 4.90 Å². The number of hydrogen-bond donors (Lipinski definition) is 1. The van der Waals surface area contributed by atoms with Crippen molar-refractivity contribution in [3.05, 3.63) is 33.1 Å². The fourth-order valence-electron chi connectivity index (χ4n) is 2.44. The molecule has 0 radical (unpaired) electrons. The van der Waals surface area contributed by atoms with Gasteiger partial charge in [-0.3, -0.25) is 9.59 Å². The fraction of sp³-hybridized carbons (Fsp3) is 0.467. The number of hydrogen-bond acceptors (Lipinski definition) is 2. The fourth-order valence-corrected chi connectivity index (χ4v) is 3.15. The van der Waals surface area contributed by atoms with Gasteiger partial charge in [0.2, 0.25) is 5.91 Å². The number of nitrogens with one attached hydrogen (secondary N) is 1. The first kappa shape index (κ1) is 16.2. The summed E-state index contributed by atoms with van der Waals surface area (Å²) in [6.07, 6.45) is 2.19. The summed E-state index contributed by atoms with van der Waals surface area (Å²) in [5.74, 6) is -0.441. The maximum atomic E-state index is 13.1. The lowest BCUT2D eigenvalue weighted by Crippen LogP contribution is -2.49. The second kappa shape index (κ2) is 7.20. The van der Waals surface area contributed by atoms with Gasteiger partial charge >= 0.3 is 0 Å². The van der Waals surface area contributed by atoms with E-state index in [9.17, 15) is 14.0 Å². The molecule has 0 bridgehead atoms. The Labute approximate surface area is 137 Å². The molecule has 0 aliphatic carbocycles. The molecule has 114 valence electrons. The minimum atomic E-state index is -0.345. The third-order valence-corrected chi connectivity index (χ3v) is 4.45. The van der Waals surface area contributed by atoms with E-state index >= 15 is 0 Å². The Hall–Kier alpha value is -1.18. The summed E-state index contributed by atoms with van der Waals surface area (Å²) in [5.41, 5.74) is 0.513. The molecule has 1 aromatic rings. The number of carbonyl (C=O) groups excluding carboxylic acids is 2. The van der Waals surface area contributed by atoms with Crippen LogP contribution in [0.25, 0.3) is 0 Å². The third kappa shape index (κ3) is 4.15. The summed E-state index contributed by atoms with van der Waals surface area (Å²) in [5, 5.41) is 2.93. The van der Waals surface area contributed by atoms with Crippen LogP contribution in [0.3, 0.4) is 0 Å². The average molecular weight is 404 g/mol. The highest BCUT2D eigenvalue weighted by atomic mass is 127. The molecular formula is C15H18FIN2O2. The Morgan fingerprint density at radius 3 is 2.90 bits per heavy atom. The highest BCUT2D eigenvalue weighted by molar-refractivity contribution is 14.1. The molecule has 21 heavy (non-hydrogen) atoms. The van der Waals surface area contributed by atoms with E-state index in [1.165, 1.54) is 18.2 Å².